The first-order valence-electron chi connectivity index (χ1n) is 8.64. The highest BCUT2D eigenvalue weighted by molar-refractivity contribution is 5.86. The van der Waals surface area contributed by atoms with Crippen molar-refractivity contribution in [1.82, 2.24) is 14.8 Å². The molecular weight excluding hydrogens is 388 g/mol. The molecule has 0 saturated carbocycles. The van der Waals surface area contributed by atoms with Crippen LogP contribution in [0.2, 0.25) is 0 Å². The Hall–Kier alpha value is -1.91. The number of fused-ring (bicyclic) bond motifs is 1. The van der Waals surface area contributed by atoms with Crippen molar-refractivity contribution in [3.05, 3.63) is 41.1 Å². The summed E-state index contributed by atoms with van der Waals surface area (Å²) >= 11 is 0. The monoisotopic (exact) mass is 407 g/mol. The van der Waals surface area contributed by atoms with Crippen molar-refractivity contribution in [2.75, 3.05) is 39.8 Å². The highest BCUT2D eigenvalue weighted by Crippen LogP contribution is 2.39. The second kappa shape index (κ2) is 7.49. The Bertz CT molecular complexity index is 844. The molecule has 1 aromatic carbocycles. The number of aliphatic hydroxyl groups excluding tert-OH is 1. The third kappa shape index (κ3) is 4.39. The molecule has 10 heteroatoms. The second-order valence-electron chi connectivity index (χ2n) is 6.91. The summed E-state index contributed by atoms with van der Waals surface area (Å²) in [5.41, 5.74) is -3.73. The number of rotatable bonds is 3. The van der Waals surface area contributed by atoms with Gasteiger partial charge in [-0.05, 0) is 24.7 Å². The minimum absolute atomic E-state index is 0.0283. The molecule has 1 unspecified atom stereocenters. The summed E-state index contributed by atoms with van der Waals surface area (Å²) in [7, 11) is 1.93. The molecule has 1 aromatic heterocycles. The first-order valence-corrected chi connectivity index (χ1v) is 8.64. The van der Waals surface area contributed by atoms with E-state index < -0.39 is 35.2 Å². The lowest BCUT2D eigenvalue weighted by Crippen LogP contribution is -2.45. The smallest absolute Gasteiger partial charge is 0.387 e. The number of pyridine rings is 1. The van der Waals surface area contributed by atoms with Crippen LogP contribution in [0, 0.1) is 0 Å². The van der Waals surface area contributed by atoms with Gasteiger partial charge in [-0.15, -0.1) is 0 Å². The molecule has 154 valence electrons. The Balaban J connectivity index is 2.07. The minimum atomic E-state index is -4.94. The predicted octanol–water partition coefficient (Wildman–Crippen LogP) is 3.55. The number of para-hydroxylation sites is 1. The molecule has 0 bridgehead atoms. The molecule has 1 aliphatic heterocycles. The van der Waals surface area contributed by atoms with E-state index in [1.807, 2.05) is 11.9 Å². The van der Waals surface area contributed by atoms with Crippen LogP contribution in [0.5, 0.6) is 0 Å². The van der Waals surface area contributed by atoms with Gasteiger partial charge in [0.15, 0.2) is 0 Å². The van der Waals surface area contributed by atoms with Gasteiger partial charge in [0.25, 0.3) is 0 Å². The molecule has 1 aliphatic rings. The summed E-state index contributed by atoms with van der Waals surface area (Å²) in [5, 5.41) is 10.5. The number of β-amino-alcohol motifs (C(OH)–C–C–N with tert-alkyl or cyclic N) is 1. The van der Waals surface area contributed by atoms with E-state index in [4.69, 9.17) is 0 Å². The molecule has 28 heavy (non-hydrogen) atoms. The van der Waals surface area contributed by atoms with Gasteiger partial charge in [0.2, 0.25) is 0 Å². The first kappa shape index (κ1) is 20.8. The SMILES string of the molecule is CN1CCN(CC(O)c2cc(C(F)(F)F)nc3c(C(F)(F)F)cccc23)CC1. The van der Waals surface area contributed by atoms with Crippen molar-refractivity contribution >= 4 is 10.9 Å². The Morgan fingerprint density at radius 2 is 1.68 bits per heavy atom. The van der Waals surface area contributed by atoms with Gasteiger partial charge < -0.3 is 10.0 Å². The van der Waals surface area contributed by atoms with Gasteiger partial charge in [0.1, 0.15) is 5.69 Å². The van der Waals surface area contributed by atoms with Gasteiger partial charge in [-0.2, -0.15) is 26.3 Å². The highest BCUT2D eigenvalue weighted by atomic mass is 19.4. The summed E-state index contributed by atoms with van der Waals surface area (Å²) in [5.74, 6) is 0. The van der Waals surface area contributed by atoms with Crippen LogP contribution in [-0.4, -0.2) is 59.7 Å². The van der Waals surface area contributed by atoms with E-state index in [2.05, 4.69) is 9.88 Å². The van der Waals surface area contributed by atoms with Crippen molar-refractivity contribution in [2.24, 2.45) is 0 Å². The number of piperazine rings is 1. The van der Waals surface area contributed by atoms with E-state index in [0.29, 0.717) is 25.2 Å². The fraction of sp³-hybridized carbons (Fsp3) is 0.500. The molecule has 2 heterocycles. The minimum Gasteiger partial charge on any atom is -0.387 e. The maximum atomic E-state index is 13.3. The molecule has 1 atom stereocenters. The maximum absolute atomic E-state index is 13.3. The number of alkyl halides is 6. The third-order valence-corrected chi connectivity index (χ3v) is 4.85. The standard InChI is InChI=1S/C18H19F6N3O/c1-26-5-7-27(8-6-26)10-14(28)12-9-15(18(22,23)24)25-16-11(12)3-2-4-13(16)17(19,20)21/h2-4,9,14,28H,5-8,10H2,1H3. The Labute approximate surface area is 157 Å². The average molecular weight is 407 g/mol. The fourth-order valence-corrected chi connectivity index (χ4v) is 3.30. The van der Waals surface area contributed by atoms with Gasteiger partial charge in [-0.3, -0.25) is 4.90 Å². The first-order chi connectivity index (χ1) is 13.0. The highest BCUT2D eigenvalue weighted by Gasteiger charge is 2.38. The summed E-state index contributed by atoms with van der Waals surface area (Å²) in [4.78, 5) is 7.18. The topological polar surface area (TPSA) is 39.6 Å². The number of aliphatic hydroxyl groups is 1. The van der Waals surface area contributed by atoms with Crippen LogP contribution in [0.1, 0.15) is 22.9 Å². The Morgan fingerprint density at radius 3 is 2.25 bits per heavy atom. The van der Waals surface area contributed by atoms with Crippen LogP contribution in [0.25, 0.3) is 10.9 Å². The molecule has 0 radical (unpaired) electrons. The van der Waals surface area contributed by atoms with Crippen LogP contribution >= 0.6 is 0 Å². The van der Waals surface area contributed by atoms with Crippen LogP contribution in [0.3, 0.4) is 0 Å². The zero-order valence-corrected chi connectivity index (χ0v) is 15.0. The van der Waals surface area contributed by atoms with Crippen molar-refractivity contribution in [2.45, 2.75) is 18.5 Å². The lowest BCUT2D eigenvalue weighted by molar-refractivity contribution is -0.142. The Morgan fingerprint density at radius 1 is 1.04 bits per heavy atom. The molecule has 0 aliphatic carbocycles. The summed E-state index contributed by atoms with van der Waals surface area (Å²) in [6.45, 7) is 2.71. The second-order valence-corrected chi connectivity index (χ2v) is 6.91. The van der Waals surface area contributed by atoms with Crippen molar-refractivity contribution < 1.29 is 31.4 Å². The van der Waals surface area contributed by atoms with E-state index >= 15 is 0 Å². The number of likely N-dealkylation sites (N-methyl/N-ethyl adjacent to an activating group) is 1. The van der Waals surface area contributed by atoms with Crippen LogP contribution in [0.15, 0.2) is 24.3 Å². The number of nitrogens with zero attached hydrogens (tertiary/aromatic N) is 3. The molecule has 4 nitrogen and oxygen atoms in total. The van der Waals surface area contributed by atoms with Gasteiger partial charge >= 0.3 is 12.4 Å². The molecule has 0 amide bonds. The molecule has 1 saturated heterocycles. The number of halogens is 6. The lowest BCUT2D eigenvalue weighted by Gasteiger charge is -2.33. The van der Waals surface area contributed by atoms with Crippen LogP contribution in [0.4, 0.5) is 26.3 Å². The summed E-state index contributed by atoms with van der Waals surface area (Å²) in [6.07, 6.45) is -11.2. The van der Waals surface area contributed by atoms with Gasteiger partial charge in [-0.25, -0.2) is 4.98 Å². The van der Waals surface area contributed by atoms with Gasteiger partial charge in [-0.1, -0.05) is 12.1 Å². The quantitative estimate of drug-likeness (QED) is 0.790. The number of aromatic nitrogens is 1. The average Bonchev–Trinajstić information content (AvgIpc) is 2.60. The Kier molecular flexibility index (Phi) is 5.57. The molecule has 0 spiro atoms. The summed E-state index contributed by atoms with van der Waals surface area (Å²) in [6, 6.07) is 3.68. The molecule has 1 N–H and O–H groups in total. The van der Waals surface area contributed by atoms with Gasteiger partial charge in [0, 0.05) is 38.1 Å². The molecule has 3 rings (SSSR count). The normalized spacial score (nSPS) is 18.6. The van der Waals surface area contributed by atoms with E-state index in [1.54, 1.807) is 0 Å². The fourth-order valence-electron chi connectivity index (χ4n) is 3.30. The van der Waals surface area contributed by atoms with Crippen LogP contribution < -0.4 is 0 Å². The summed E-state index contributed by atoms with van der Waals surface area (Å²) < 4.78 is 79.6. The molecule has 1 fully saturated rings. The van der Waals surface area contributed by atoms with Crippen molar-refractivity contribution in [3.8, 4) is 0 Å². The number of benzene rings is 1. The number of hydrogen-bond acceptors (Lipinski definition) is 4. The molecular formula is C18H19F6N3O. The largest absolute Gasteiger partial charge is 0.433 e. The zero-order chi connectivity index (χ0) is 20.7. The van der Waals surface area contributed by atoms with Gasteiger partial charge in [0.05, 0.1) is 17.2 Å². The van der Waals surface area contributed by atoms with E-state index in [1.165, 1.54) is 6.07 Å². The lowest BCUT2D eigenvalue weighted by atomic mass is 9.99. The van der Waals surface area contributed by atoms with E-state index in [-0.39, 0.29) is 17.5 Å². The van der Waals surface area contributed by atoms with E-state index in [9.17, 15) is 31.4 Å². The third-order valence-electron chi connectivity index (χ3n) is 4.85. The van der Waals surface area contributed by atoms with Crippen molar-refractivity contribution in [3.63, 3.8) is 0 Å². The van der Waals surface area contributed by atoms with Crippen molar-refractivity contribution in [1.29, 1.82) is 0 Å². The predicted molar refractivity (Wildman–Crippen MR) is 90.6 cm³/mol. The van der Waals surface area contributed by atoms with Crippen LogP contribution in [-0.2, 0) is 12.4 Å². The zero-order valence-electron chi connectivity index (χ0n) is 15.0. The van der Waals surface area contributed by atoms with E-state index in [0.717, 1.165) is 19.2 Å². The molecule has 2 aromatic rings. The maximum Gasteiger partial charge on any atom is 0.433 e. The number of hydrogen-bond donors (Lipinski definition) is 1.